The number of pyridine rings is 1. The molecule has 5 rings (SSSR count). The second-order valence-electron chi connectivity index (χ2n) is 10.2. The first kappa shape index (κ1) is 27.7. The van der Waals surface area contributed by atoms with E-state index in [1.807, 2.05) is 68.7 Å². The number of hydrogen-bond acceptors (Lipinski definition) is 4. The van der Waals surface area contributed by atoms with Gasteiger partial charge in [0.1, 0.15) is 5.75 Å². The number of nitrogens with zero attached hydrogens (tertiary/aromatic N) is 3. The van der Waals surface area contributed by atoms with Crippen LogP contribution in [0.5, 0.6) is 5.75 Å². The van der Waals surface area contributed by atoms with Gasteiger partial charge in [-0.15, -0.1) is 0 Å². The number of halogens is 1. The Morgan fingerprint density at radius 2 is 1.90 bits per heavy atom. The molecule has 1 aliphatic heterocycles. The largest absolute Gasteiger partial charge is 0.506 e. The molecule has 3 N–H and O–H groups in total. The Hall–Kier alpha value is -3.88. The van der Waals surface area contributed by atoms with Crippen LogP contribution in [0.3, 0.4) is 0 Å². The number of amides is 1. The number of carbonyl (C=O) groups excluding carboxylic acids is 1. The van der Waals surface area contributed by atoms with Gasteiger partial charge in [0.15, 0.2) is 5.11 Å². The minimum absolute atomic E-state index is 0.0779. The van der Waals surface area contributed by atoms with Gasteiger partial charge in [-0.3, -0.25) is 9.78 Å². The molecule has 9 heteroatoms. The minimum Gasteiger partial charge on any atom is -0.506 e. The maximum atomic E-state index is 13.1. The number of thiocarbonyl (C=S) groups is 1. The van der Waals surface area contributed by atoms with Crippen molar-refractivity contribution in [3.8, 4) is 11.4 Å². The van der Waals surface area contributed by atoms with Crippen LogP contribution in [0.25, 0.3) is 5.69 Å². The van der Waals surface area contributed by atoms with Gasteiger partial charge in [-0.25, -0.2) is 0 Å². The molecule has 0 aliphatic carbocycles. The van der Waals surface area contributed by atoms with Crippen molar-refractivity contribution in [3.63, 3.8) is 0 Å². The van der Waals surface area contributed by atoms with Crippen LogP contribution >= 0.6 is 23.8 Å². The van der Waals surface area contributed by atoms with Crippen molar-refractivity contribution in [1.82, 2.24) is 19.8 Å². The summed E-state index contributed by atoms with van der Waals surface area (Å²) < 4.78 is 2.00. The SMILES string of the molecule is Cc1ccc(C)c(NC(=O)CCN2C(=S)N[C@@H](c3ccccn3)[C@H]2c2cc(C)n(-c3cc(Cl)ccc3O)c2C)c1. The fourth-order valence-corrected chi connectivity index (χ4v) is 5.92. The molecule has 40 heavy (non-hydrogen) atoms. The van der Waals surface area contributed by atoms with Gasteiger partial charge in [0, 0.05) is 41.3 Å². The van der Waals surface area contributed by atoms with Crippen molar-refractivity contribution < 1.29 is 9.90 Å². The van der Waals surface area contributed by atoms with Gasteiger partial charge in [0.25, 0.3) is 0 Å². The summed E-state index contributed by atoms with van der Waals surface area (Å²) in [5.41, 5.74) is 7.29. The Bertz CT molecular complexity index is 1590. The lowest BCUT2D eigenvalue weighted by atomic mass is 9.96. The molecule has 2 aromatic heterocycles. The van der Waals surface area contributed by atoms with E-state index < -0.39 is 0 Å². The van der Waals surface area contributed by atoms with E-state index in [1.165, 1.54) is 0 Å². The van der Waals surface area contributed by atoms with Gasteiger partial charge in [-0.2, -0.15) is 0 Å². The molecule has 0 saturated carbocycles. The average Bonchev–Trinajstić information content (AvgIpc) is 3.41. The van der Waals surface area contributed by atoms with Crippen LogP contribution in [0.2, 0.25) is 5.02 Å². The number of hydrogen-bond donors (Lipinski definition) is 3. The van der Waals surface area contributed by atoms with Gasteiger partial charge in [-0.05, 0) is 99.1 Å². The summed E-state index contributed by atoms with van der Waals surface area (Å²) in [6.07, 6.45) is 2.03. The number of rotatable bonds is 7. The van der Waals surface area contributed by atoms with Gasteiger partial charge in [-0.1, -0.05) is 29.8 Å². The molecule has 0 unspecified atom stereocenters. The first-order valence-corrected chi connectivity index (χ1v) is 14.0. The van der Waals surface area contributed by atoms with E-state index in [-0.39, 0.29) is 30.2 Å². The lowest BCUT2D eigenvalue weighted by Gasteiger charge is -2.28. The summed E-state index contributed by atoms with van der Waals surface area (Å²) in [5.74, 6) is 0.0601. The van der Waals surface area contributed by atoms with Crippen LogP contribution < -0.4 is 10.6 Å². The average molecular weight is 574 g/mol. The summed E-state index contributed by atoms with van der Waals surface area (Å²) in [7, 11) is 0. The number of benzene rings is 2. The molecule has 206 valence electrons. The van der Waals surface area contributed by atoms with E-state index >= 15 is 0 Å². The molecular weight excluding hydrogens is 542 g/mol. The highest BCUT2D eigenvalue weighted by Crippen LogP contribution is 2.42. The highest BCUT2D eigenvalue weighted by molar-refractivity contribution is 7.80. The first-order chi connectivity index (χ1) is 19.1. The second kappa shape index (κ2) is 11.3. The van der Waals surface area contributed by atoms with Crippen LogP contribution in [-0.4, -0.2) is 37.1 Å². The van der Waals surface area contributed by atoms with Crippen molar-refractivity contribution in [2.24, 2.45) is 0 Å². The van der Waals surface area contributed by atoms with Crippen molar-refractivity contribution in [2.75, 3.05) is 11.9 Å². The van der Waals surface area contributed by atoms with Crippen LogP contribution in [0, 0.1) is 27.7 Å². The number of aromatic hydroxyl groups is 1. The normalized spacial score (nSPS) is 16.7. The first-order valence-electron chi connectivity index (χ1n) is 13.2. The maximum absolute atomic E-state index is 13.1. The number of phenols is 1. The number of phenolic OH excluding ortho intramolecular Hbond substituents is 1. The number of aromatic nitrogens is 2. The Morgan fingerprint density at radius 3 is 2.65 bits per heavy atom. The Labute approximate surface area is 244 Å². The number of anilines is 1. The zero-order valence-electron chi connectivity index (χ0n) is 22.9. The third-order valence-electron chi connectivity index (χ3n) is 7.41. The van der Waals surface area contributed by atoms with Gasteiger partial charge in [0.2, 0.25) is 5.91 Å². The zero-order valence-corrected chi connectivity index (χ0v) is 24.5. The number of aryl methyl sites for hydroxylation is 3. The summed E-state index contributed by atoms with van der Waals surface area (Å²) in [6, 6.07) is 18.5. The Balaban J connectivity index is 1.49. The smallest absolute Gasteiger partial charge is 0.226 e. The van der Waals surface area contributed by atoms with E-state index in [4.69, 9.17) is 23.8 Å². The maximum Gasteiger partial charge on any atom is 0.226 e. The molecule has 1 amide bonds. The molecule has 0 bridgehead atoms. The van der Waals surface area contributed by atoms with Gasteiger partial charge >= 0.3 is 0 Å². The van der Waals surface area contributed by atoms with E-state index in [1.54, 1.807) is 24.4 Å². The molecule has 1 saturated heterocycles. The predicted octanol–water partition coefficient (Wildman–Crippen LogP) is 6.47. The van der Waals surface area contributed by atoms with Gasteiger partial charge < -0.3 is 25.2 Å². The van der Waals surface area contributed by atoms with E-state index in [2.05, 4.69) is 26.6 Å². The molecular formula is C31H32ClN5O2S. The fourth-order valence-electron chi connectivity index (χ4n) is 5.42. The van der Waals surface area contributed by atoms with Crippen molar-refractivity contribution in [1.29, 1.82) is 0 Å². The molecule has 1 fully saturated rings. The molecule has 2 aromatic carbocycles. The summed E-state index contributed by atoms with van der Waals surface area (Å²) in [6.45, 7) is 8.42. The third-order valence-corrected chi connectivity index (χ3v) is 8.00. The topological polar surface area (TPSA) is 82.4 Å². The van der Waals surface area contributed by atoms with Crippen LogP contribution in [-0.2, 0) is 4.79 Å². The summed E-state index contributed by atoms with van der Waals surface area (Å²) in [4.78, 5) is 19.8. The van der Waals surface area contributed by atoms with E-state index in [9.17, 15) is 9.90 Å². The second-order valence-corrected chi connectivity index (χ2v) is 11.1. The molecule has 7 nitrogen and oxygen atoms in total. The lowest BCUT2D eigenvalue weighted by Crippen LogP contribution is -2.33. The van der Waals surface area contributed by atoms with Crippen molar-refractivity contribution >= 4 is 40.5 Å². The zero-order chi connectivity index (χ0) is 28.6. The highest BCUT2D eigenvalue weighted by atomic mass is 35.5. The van der Waals surface area contributed by atoms with Crippen LogP contribution in [0.1, 0.15) is 52.3 Å². The monoisotopic (exact) mass is 573 g/mol. The summed E-state index contributed by atoms with van der Waals surface area (Å²) >= 11 is 12.1. The standard InChI is InChI=1S/C31H32ClN5O2S/c1-18-8-9-19(2)25(15-18)34-28(39)12-14-36-30(29(35-31(36)40)24-7-5-6-13-33-24)23-16-20(3)37(21(23)4)26-17-22(32)10-11-27(26)38/h5-11,13,15-17,29-30,38H,12,14H2,1-4H3,(H,34,39)(H,35,40)/t29-,30+/m0/s1. The molecule has 0 radical (unpaired) electrons. The minimum atomic E-state index is -0.225. The number of carbonyl (C=O) groups is 1. The highest BCUT2D eigenvalue weighted by Gasteiger charge is 2.41. The molecule has 4 aromatic rings. The summed E-state index contributed by atoms with van der Waals surface area (Å²) in [5, 5.41) is 18.3. The van der Waals surface area contributed by atoms with E-state index in [0.29, 0.717) is 22.4 Å². The lowest BCUT2D eigenvalue weighted by molar-refractivity contribution is -0.116. The predicted molar refractivity (Wildman–Crippen MR) is 163 cm³/mol. The molecule has 3 heterocycles. The van der Waals surface area contributed by atoms with Gasteiger partial charge in [0.05, 0.1) is 23.5 Å². The van der Waals surface area contributed by atoms with Crippen LogP contribution in [0.4, 0.5) is 5.69 Å². The Morgan fingerprint density at radius 1 is 1.10 bits per heavy atom. The van der Waals surface area contributed by atoms with Crippen molar-refractivity contribution in [3.05, 3.63) is 106 Å². The molecule has 1 aliphatic rings. The fraction of sp³-hybridized carbons (Fsp3) is 0.258. The molecule has 2 atom stereocenters. The van der Waals surface area contributed by atoms with E-state index in [0.717, 1.165) is 39.5 Å². The number of nitrogens with one attached hydrogen (secondary N) is 2. The van der Waals surface area contributed by atoms with Crippen LogP contribution in [0.15, 0.2) is 66.9 Å². The quantitative estimate of drug-likeness (QED) is 0.220. The molecule has 0 spiro atoms. The van der Waals surface area contributed by atoms with Crippen molar-refractivity contribution in [2.45, 2.75) is 46.2 Å². The third kappa shape index (κ3) is 5.42. The Kier molecular flexibility index (Phi) is 7.83.